The highest BCUT2D eigenvalue weighted by Gasteiger charge is 2.42. The average molecular weight is 508 g/mol. The second kappa shape index (κ2) is 9.74. The molecule has 2 saturated heterocycles. The maximum Gasteiger partial charge on any atom is 0.573 e. The molecule has 3 heterocycles. The Balaban J connectivity index is 1.11. The Morgan fingerprint density at radius 2 is 1.89 bits per heavy atom. The number of aromatic nitrogens is 2. The number of morpholine rings is 1. The average Bonchev–Trinajstić information content (AvgIpc) is 3.55. The molecule has 12 heteroatoms. The minimum atomic E-state index is -4.76. The zero-order chi connectivity index (χ0) is 25.3. The number of nitrogens with zero attached hydrogens (tertiary/aromatic N) is 3. The van der Waals surface area contributed by atoms with Gasteiger partial charge in [-0.15, -0.1) is 13.2 Å². The predicted octanol–water partition coefficient (Wildman–Crippen LogP) is 3.13. The summed E-state index contributed by atoms with van der Waals surface area (Å²) in [5.74, 6) is -0.206. The Morgan fingerprint density at radius 1 is 1.17 bits per heavy atom. The largest absolute Gasteiger partial charge is 0.573 e. The first-order valence-corrected chi connectivity index (χ1v) is 12.0. The summed E-state index contributed by atoms with van der Waals surface area (Å²) in [6.07, 6.45) is 0.373. The van der Waals surface area contributed by atoms with Crippen molar-refractivity contribution in [2.24, 2.45) is 0 Å². The molecule has 1 aliphatic carbocycles. The van der Waals surface area contributed by atoms with Crippen LogP contribution in [0.3, 0.4) is 0 Å². The quantitative estimate of drug-likeness (QED) is 0.624. The minimum absolute atomic E-state index is 0.000745. The number of nitrogens with one attached hydrogen (secondary N) is 2. The third kappa shape index (κ3) is 5.81. The minimum Gasteiger partial charge on any atom is -0.406 e. The third-order valence-electron chi connectivity index (χ3n) is 6.91. The Hall–Kier alpha value is -3.12. The highest BCUT2D eigenvalue weighted by atomic mass is 19.4. The first-order chi connectivity index (χ1) is 17.2. The van der Waals surface area contributed by atoms with Crippen LogP contribution in [-0.2, 0) is 9.53 Å². The van der Waals surface area contributed by atoms with Crippen molar-refractivity contribution in [2.75, 3.05) is 44.6 Å². The topological polar surface area (TPSA) is 99.8 Å². The van der Waals surface area contributed by atoms with Gasteiger partial charge in [0.25, 0.3) is 5.91 Å². The van der Waals surface area contributed by atoms with Gasteiger partial charge in [-0.05, 0) is 49.9 Å². The van der Waals surface area contributed by atoms with Gasteiger partial charge in [-0.2, -0.15) is 5.10 Å². The van der Waals surface area contributed by atoms with Gasteiger partial charge in [-0.3, -0.25) is 19.6 Å². The second-order valence-electron chi connectivity index (χ2n) is 9.63. The molecule has 194 valence electrons. The van der Waals surface area contributed by atoms with Gasteiger partial charge in [0.2, 0.25) is 5.91 Å². The lowest BCUT2D eigenvalue weighted by Gasteiger charge is -2.47. The lowest BCUT2D eigenvalue weighted by molar-refractivity contribution is -0.274. The third-order valence-corrected chi connectivity index (χ3v) is 6.91. The lowest BCUT2D eigenvalue weighted by atomic mass is 9.89. The molecule has 1 spiro atoms. The zero-order valence-corrected chi connectivity index (χ0v) is 19.6. The van der Waals surface area contributed by atoms with Crippen molar-refractivity contribution in [1.29, 1.82) is 0 Å². The number of likely N-dealkylation sites (tertiary alicyclic amines) is 1. The van der Waals surface area contributed by atoms with Crippen LogP contribution in [0.2, 0.25) is 0 Å². The number of carbonyl (C=O) groups is 2. The van der Waals surface area contributed by atoms with E-state index in [0.717, 1.165) is 30.7 Å². The van der Waals surface area contributed by atoms with Gasteiger partial charge in [0, 0.05) is 37.8 Å². The molecule has 36 heavy (non-hydrogen) atoms. The van der Waals surface area contributed by atoms with E-state index in [0.29, 0.717) is 62.8 Å². The number of benzene rings is 1. The van der Waals surface area contributed by atoms with Crippen molar-refractivity contribution in [3.8, 4) is 5.75 Å². The number of carbonyl (C=O) groups excluding carboxylic acids is 2. The van der Waals surface area contributed by atoms with Gasteiger partial charge in [-0.1, -0.05) is 0 Å². The predicted molar refractivity (Wildman–Crippen MR) is 123 cm³/mol. The summed E-state index contributed by atoms with van der Waals surface area (Å²) < 4.78 is 46.9. The number of amides is 2. The van der Waals surface area contributed by atoms with Crippen LogP contribution < -0.4 is 10.1 Å². The fourth-order valence-electron chi connectivity index (χ4n) is 4.94. The number of hydrogen-bond donors (Lipinski definition) is 2. The van der Waals surface area contributed by atoms with Crippen LogP contribution in [0, 0.1) is 0 Å². The number of hydrogen-bond acceptors (Lipinski definition) is 6. The van der Waals surface area contributed by atoms with Gasteiger partial charge in [0.15, 0.2) is 0 Å². The molecule has 1 aromatic heterocycles. The molecule has 9 nitrogen and oxygen atoms in total. The number of alkyl halides is 3. The molecule has 2 amide bonds. The van der Waals surface area contributed by atoms with Crippen molar-refractivity contribution in [3.05, 3.63) is 41.7 Å². The van der Waals surface area contributed by atoms with Crippen molar-refractivity contribution >= 4 is 17.5 Å². The summed E-state index contributed by atoms with van der Waals surface area (Å²) in [7, 11) is 0. The molecule has 2 aromatic rings. The Kier molecular flexibility index (Phi) is 6.64. The van der Waals surface area contributed by atoms with E-state index in [4.69, 9.17) is 4.74 Å². The molecule has 5 rings (SSSR count). The Morgan fingerprint density at radius 3 is 2.56 bits per heavy atom. The van der Waals surface area contributed by atoms with E-state index in [2.05, 4.69) is 20.3 Å². The molecule has 0 radical (unpaired) electrons. The van der Waals surface area contributed by atoms with Crippen molar-refractivity contribution in [1.82, 2.24) is 20.0 Å². The molecular weight excluding hydrogens is 479 g/mol. The number of rotatable bonds is 6. The van der Waals surface area contributed by atoms with Gasteiger partial charge >= 0.3 is 6.36 Å². The van der Waals surface area contributed by atoms with Crippen LogP contribution in [-0.4, -0.2) is 83.1 Å². The van der Waals surface area contributed by atoms with Crippen molar-refractivity contribution in [2.45, 2.75) is 43.6 Å². The molecule has 2 aliphatic heterocycles. The van der Waals surface area contributed by atoms with E-state index in [-0.39, 0.29) is 24.1 Å². The lowest BCUT2D eigenvalue weighted by Crippen LogP contribution is -2.58. The summed E-state index contributed by atoms with van der Waals surface area (Å²) in [6, 6.07) is 5.03. The van der Waals surface area contributed by atoms with Crippen LogP contribution in [0.25, 0.3) is 0 Å². The van der Waals surface area contributed by atoms with Gasteiger partial charge in [0.05, 0.1) is 36.2 Å². The van der Waals surface area contributed by atoms with Gasteiger partial charge in [0.1, 0.15) is 5.75 Å². The van der Waals surface area contributed by atoms with E-state index in [1.54, 1.807) is 6.20 Å². The summed E-state index contributed by atoms with van der Waals surface area (Å²) in [5.41, 5.74) is 1.57. The number of anilines is 1. The molecule has 0 atom stereocenters. The molecule has 0 bridgehead atoms. The van der Waals surface area contributed by atoms with Crippen molar-refractivity contribution < 1.29 is 32.2 Å². The maximum atomic E-state index is 13.1. The number of halogens is 3. The Bertz CT molecular complexity index is 1090. The van der Waals surface area contributed by atoms with Gasteiger partial charge < -0.3 is 19.7 Å². The van der Waals surface area contributed by atoms with Crippen LogP contribution in [0.15, 0.2) is 30.5 Å². The molecular formula is C24H28F3N5O4. The van der Waals surface area contributed by atoms with E-state index in [9.17, 15) is 22.8 Å². The SMILES string of the molecule is O=C(CN1CCOC2(CCN(C(=O)c3cn[nH]c3C3CC3)CC2)C1)Nc1ccc(OC(F)(F)F)cc1. The van der Waals surface area contributed by atoms with Crippen LogP contribution in [0.4, 0.5) is 18.9 Å². The number of piperidine rings is 1. The van der Waals surface area contributed by atoms with Gasteiger partial charge in [-0.25, -0.2) is 0 Å². The molecule has 3 aliphatic rings. The van der Waals surface area contributed by atoms with E-state index < -0.39 is 12.0 Å². The van der Waals surface area contributed by atoms with E-state index >= 15 is 0 Å². The van der Waals surface area contributed by atoms with E-state index in [1.807, 2.05) is 9.80 Å². The van der Waals surface area contributed by atoms with Crippen LogP contribution >= 0.6 is 0 Å². The monoisotopic (exact) mass is 507 g/mol. The molecule has 0 unspecified atom stereocenters. The molecule has 2 N–H and O–H groups in total. The van der Waals surface area contributed by atoms with E-state index in [1.165, 1.54) is 12.1 Å². The maximum absolute atomic E-state index is 13.1. The highest BCUT2D eigenvalue weighted by Crippen LogP contribution is 2.41. The number of ether oxygens (including phenoxy) is 2. The number of H-pyrrole nitrogens is 1. The first kappa shape index (κ1) is 24.6. The number of aromatic amines is 1. The molecule has 3 fully saturated rings. The Labute approximate surface area is 205 Å². The fourth-order valence-corrected chi connectivity index (χ4v) is 4.94. The normalized spacial score (nSPS) is 20.4. The van der Waals surface area contributed by atoms with Crippen LogP contribution in [0.1, 0.15) is 47.7 Å². The molecule has 1 aromatic carbocycles. The van der Waals surface area contributed by atoms with Crippen molar-refractivity contribution in [3.63, 3.8) is 0 Å². The molecule has 1 saturated carbocycles. The fraction of sp³-hybridized carbons (Fsp3) is 0.542. The van der Waals surface area contributed by atoms with Crippen LogP contribution in [0.5, 0.6) is 5.75 Å². The summed E-state index contributed by atoms with van der Waals surface area (Å²) in [4.78, 5) is 29.5. The second-order valence-corrected chi connectivity index (χ2v) is 9.63. The highest BCUT2D eigenvalue weighted by molar-refractivity contribution is 5.95. The standard InChI is InChI=1S/C24H28F3N5O4/c25-24(26,27)36-18-5-3-17(4-6-18)29-20(33)14-31-11-12-35-23(15-31)7-9-32(10-8-23)22(34)19-13-28-30-21(19)16-1-2-16/h3-6,13,16H,1-2,7-12,14-15H2,(H,28,30)(H,29,33). The summed E-state index contributed by atoms with van der Waals surface area (Å²) >= 11 is 0. The zero-order valence-electron chi connectivity index (χ0n) is 19.6. The summed E-state index contributed by atoms with van der Waals surface area (Å²) in [6.45, 7) is 2.92. The summed E-state index contributed by atoms with van der Waals surface area (Å²) in [5, 5.41) is 9.76. The smallest absolute Gasteiger partial charge is 0.406 e. The first-order valence-electron chi connectivity index (χ1n) is 12.0.